The predicted octanol–water partition coefficient (Wildman–Crippen LogP) is 4.71. The van der Waals surface area contributed by atoms with Crippen molar-refractivity contribution in [3.63, 3.8) is 0 Å². The van der Waals surface area contributed by atoms with E-state index in [1.54, 1.807) is 11.8 Å². The number of carbonyl (C=O) groups excluding carboxylic acids is 1. The zero-order valence-electron chi connectivity index (χ0n) is 13.9. The Kier molecular flexibility index (Phi) is 7.47. The third-order valence-corrected chi connectivity index (χ3v) is 4.61. The molecule has 1 atom stereocenters. The Morgan fingerprint density at radius 2 is 1.83 bits per heavy atom. The summed E-state index contributed by atoms with van der Waals surface area (Å²) in [6.07, 6.45) is 0.474. The minimum atomic E-state index is -0.0284. The van der Waals surface area contributed by atoms with Crippen molar-refractivity contribution in [1.82, 2.24) is 5.32 Å². The van der Waals surface area contributed by atoms with E-state index in [0.29, 0.717) is 13.0 Å². The zero-order chi connectivity index (χ0) is 17.4. The van der Waals surface area contributed by atoms with Gasteiger partial charge in [-0.2, -0.15) is 0 Å². The number of aryl methyl sites for hydroxylation is 1. The molecular weight excluding hydrogens is 342 g/mol. The Morgan fingerprint density at radius 1 is 1.17 bits per heavy atom. The number of ether oxygens (including phenoxy) is 1. The minimum Gasteiger partial charge on any atom is -0.491 e. The van der Waals surface area contributed by atoms with Gasteiger partial charge in [-0.1, -0.05) is 29.3 Å². The van der Waals surface area contributed by atoms with Gasteiger partial charge in [0.15, 0.2) is 0 Å². The summed E-state index contributed by atoms with van der Waals surface area (Å²) >= 11 is 7.50. The van der Waals surface area contributed by atoms with Crippen molar-refractivity contribution in [1.29, 1.82) is 0 Å². The second-order valence-corrected chi connectivity index (χ2v) is 7.25. The second-order valence-electron chi connectivity index (χ2n) is 5.65. The average Bonchev–Trinajstić information content (AvgIpc) is 2.56. The molecule has 0 aliphatic heterocycles. The van der Waals surface area contributed by atoms with Crippen molar-refractivity contribution in [3.8, 4) is 5.75 Å². The first-order chi connectivity index (χ1) is 11.5. The van der Waals surface area contributed by atoms with E-state index in [9.17, 15) is 4.79 Å². The van der Waals surface area contributed by atoms with Gasteiger partial charge >= 0.3 is 0 Å². The summed E-state index contributed by atoms with van der Waals surface area (Å²) < 4.78 is 5.68. The molecule has 0 aliphatic rings. The smallest absolute Gasteiger partial charge is 0.221 e. The molecule has 2 rings (SSSR count). The highest BCUT2D eigenvalue weighted by Crippen LogP contribution is 2.20. The maximum Gasteiger partial charge on any atom is 0.221 e. The molecule has 0 spiro atoms. The number of hydrogen-bond donors (Lipinski definition) is 1. The van der Waals surface area contributed by atoms with Crippen LogP contribution in [0.5, 0.6) is 5.75 Å². The molecule has 1 N–H and O–H groups in total. The van der Waals surface area contributed by atoms with Crippen LogP contribution in [-0.2, 0) is 4.79 Å². The molecule has 0 unspecified atom stereocenters. The van der Waals surface area contributed by atoms with Gasteiger partial charge in [0.1, 0.15) is 12.4 Å². The van der Waals surface area contributed by atoms with Crippen LogP contribution in [0.3, 0.4) is 0 Å². The zero-order valence-corrected chi connectivity index (χ0v) is 15.5. The normalized spacial score (nSPS) is 11.8. The molecule has 0 radical (unpaired) electrons. The van der Waals surface area contributed by atoms with E-state index >= 15 is 0 Å². The van der Waals surface area contributed by atoms with E-state index in [4.69, 9.17) is 16.3 Å². The Balaban J connectivity index is 1.64. The number of thioether (sulfide) groups is 1. The lowest BCUT2D eigenvalue weighted by Gasteiger charge is -2.15. The van der Waals surface area contributed by atoms with Crippen LogP contribution in [0.15, 0.2) is 53.4 Å². The van der Waals surface area contributed by atoms with Gasteiger partial charge in [-0.3, -0.25) is 4.79 Å². The maximum absolute atomic E-state index is 12.0. The first kappa shape index (κ1) is 18.7. The summed E-state index contributed by atoms with van der Waals surface area (Å²) in [5.41, 5.74) is 1.20. The van der Waals surface area contributed by atoms with E-state index < -0.39 is 0 Å². The van der Waals surface area contributed by atoms with Crippen LogP contribution in [0, 0.1) is 6.92 Å². The number of hydrogen-bond acceptors (Lipinski definition) is 3. The van der Waals surface area contributed by atoms with Crippen LogP contribution >= 0.6 is 23.4 Å². The molecule has 0 aliphatic carbocycles. The molecule has 0 heterocycles. The van der Waals surface area contributed by atoms with Crippen LogP contribution in [0.4, 0.5) is 0 Å². The Hall–Kier alpha value is -1.65. The lowest BCUT2D eigenvalue weighted by Crippen LogP contribution is -2.36. The molecule has 0 fully saturated rings. The first-order valence-electron chi connectivity index (χ1n) is 7.90. The summed E-state index contributed by atoms with van der Waals surface area (Å²) in [5, 5.41) is 3.68. The molecule has 2 aromatic rings. The average molecular weight is 364 g/mol. The molecular formula is C19H22ClNO2S. The number of rotatable bonds is 8. The largest absolute Gasteiger partial charge is 0.491 e. The van der Waals surface area contributed by atoms with E-state index in [1.165, 1.54) is 5.56 Å². The Morgan fingerprint density at radius 3 is 2.50 bits per heavy atom. The van der Waals surface area contributed by atoms with Gasteiger partial charge in [0.05, 0.1) is 6.04 Å². The van der Waals surface area contributed by atoms with E-state index in [0.717, 1.165) is 21.4 Å². The van der Waals surface area contributed by atoms with Gasteiger partial charge in [-0.05, 0) is 50.2 Å². The number of halogens is 1. The summed E-state index contributed by atoms with van der Waals surface area (Å²) in [6, 6.07) is 15.5. The molecule has 128 valence electrons. The van der Waals surface area contributed by atoms with Gasteiger partial charge < -0.3 is 10.1 Å². The highest BCUT2D eigenvalue weighted by Gasteiger charge is 2.08. The van der Waals surface area contributed by atoms with Crippen LogP contribution in [0.1, 0.15) is 18.9 Å². The Labute approximate surface area is 152 Å². The standard InChI is InChI=1S/C19H22ClNO2S/c1-14-3-7-17(8-4-14)23-13-15(2)21-19(22)11-12-24-18-9-5-16(20)6-10-18/h3-10,15H,11-13H2,1-2H3,(H,21,22)/t15-/m0/s1. The van der Waals surface area contributed by atoms with Gasteiger partial charge in [0.2, 0.25) is 5.91 Å². The fourth-order valence-electron chi connectivity index (χ4n) is 2.04. The third kappa shape index (κ3) is 6.85. The maximum atomic E-state index is 12.0. The molecule has 0 saturated carbocycles. The van der Waals surface area contributed by atoms with Crippen molar-refractivity contribution in [2.45, 2.75) is 31.2 Å². The molecule has 0 aromatic heterocycles. The molecule has 2 aromatic carbocycles. The predicted molar refractivity (Wildman–Crippen MR) is 101 cm³/mol. The molecule has 0 bridgehead atoms. The topological polar surface area (TPSA) is 38.3 Å². The van der Waals surface area contributed by atoms with Crippen LogP contribution in [0.2, 0.25) is 5.02 Å². The summed E-state index contributed by atoms with van der Waals surface area (Å²) in [6.45, 7) is 4.44. The molecule has 5 heteroatoms. The third-order valence-electron chi connectivity index (χ3n) is 3.34. The van der Waals surface area contributed by atoms with Crippen LogP contribution in [-0.4, -0.2) is 24.3 Å². The van der Waals surface area contributed by atoms with E-state index in [1.807, 2.05) is 62.4 Å². The van der Waals surface area contributed by atoms with Gasteiger partial charge in [0.25, 0.3) is 0 Å². The SMILES string of the molecule is Cc1ccc(OC[C@H](C)NC(=O)CCSc2ccc(Cl)cc2)cc1. The molecule has 1 amide bonds. The molecule has 3 nitrogen and oxygen atoms in total. The van der Waals surface area contributed by atoms with Crippen molar-refractivity contribution >= 4 is 29.3 Å². The number of nitrogens with one attached hydrogen (secondary N) is 1. The highest BCUT2D eigenvalue weighted by molar-refractivity contribution is 7.99. The molecule has 24 heavy (non-hydrogen) atoms. The monoisotopic (exact) mass is 363 g/mol. The summed E-state index contributed by atoms with van der Waals surface area (Å²) in [7, 11) is 0. The number of carbonyl (C=O) groups is 1. The quantitative estimate of drug-likeness (QED) is 0.690. The van der Waals surface area contributed by atoms with Gasteiger partial charge in [0, 0.05) is 22.1 Å². The Bertz CT molecular complexity index is 643. The fourth-order valence-corrected chi connectivity index (χ4v) is 3.01. The van der Waals surface area contributed by atoms with Crippen LogP contribution in [0.25, 0.3) is 0 Å². The van der Waals surface area contributed by atoms with Gasteiger partial charge in [-0.25, -0.2) is 0 Å². The number of benzene rings is 2. The number of amides is 1. The second kappa shape index (κ2) is 9.60. The molecule has 0 saturated heterocycles. The van der Waals surface area contributed by atoms with Crippen LogP contribution < -0.4 is 10.1 Å². The van der Waals surface area contributed by atoms with Crippen molar-refractivity contribution in [2.24, 2.45) is 0 Å². The van der Waals surface area contributed by atoms with E-state index in [-0.39, 0.29) is 11.9 Å². The lowest BCUT2D eigenvalue weighted by atomic mass is 10.2. The summed E-state index contributed by atoms with van der Waals surface area (Å²) in [5.74, 6) is 1.59. The van der Waals surface area contributed by atoms with E-state index in [2.05, 4.69) is 5.32 Å². The lowest BCUT2D eigenvalue weighted by molar-refractivity contribution is -0.121. The van der Waals surface area contributed by atoms with Crippen molar-refractivity contribution in [3.05, 3.63) is 59.1 Å². The summed E-state index contributed by atoms with van der Waals surface area (Å²) in [4.78, 5) is 13.1. The van der Waals surface area contributed by atoms with Crippen molar-refractivity contribution < 1.29 is 9.53 Å². The van der Waals surface area contributed by atoms with Crippen molar-refractivity contribution in [2.75, 3.05) is 12.4 Å². The van der Waals surface area contributed by atoms with Gasteiger partial charge in [-0.15, -0.1) is 11.8 Å². The highest BCUT2D eigenvalue weighted by atomic mass is 35.5. The minimum absolute atomic E-state index is 0.0284. The first-order valence-corrected chi connectivity index (χ1v) is 9.26. The fraction of sp³-hybridized carbons (Fsp3) is 0.316.